The summed E-state index contributed by atoms with van der Waals surface area (Å²) in [7, 11) is -3.53. The van der Waals surface area contributed by atoms with E-state index in [4.69, 9.17) is 11.5 Å². The third-order valence-electron chi connectivity index (χ3n) is 2.59. The Kier molecular flexibility index (Phi) is 7.29. The summed E-state index contributed by atoms with van der Waals surface area (Å²) >= 11 is 1.48. The fourth-order valence-corrected chi connectivity index (χ4v) is 3.22. The van der Waals surface area contributed by atoms with E-state index in [2.05, 4.69) is 10.6 Å². The molecule has 0 spiro atoms. The first-order valence-electron chi connectivity index (χ1n) is 6.27. The van der Waals surface area contributed by atoms with Crippen molar-refractivity contribution in [1.29, 1.82) is 0 Å². The van der Waals surface area contributed by atoms with Crippen LogP contribution >= 0.6 is 11.8 Å². The number of carbonyl (C=O) groups is 1. The fraction of sp³-hybridized carbons (Fsp3) is 0.357. The summed E-state index contributed by atoms with van der Waals surface area (Å²) in [6.07, 6.45) is 5.50. The second-order valence-electron chi connectivity index (χ2n) is 4.19. The van der Waals surface area contributed by atoms with E-state index >= 15 is 0 Å². The Morgan fingerprint density at radius 1 is 1.33 bits per heavy atom. The summed E-state index contributed by atoms with van der Waals surface area (Å²) in [6, 6.07) is 6.22. The first kappa shape index (κ1) is 17.6. The van der Waals surface area contributed by atoms with E-state index in [0.717, 1.165) is 5.56 Å². The molecule has 5 nitrogen and oxygen atoms in total. The molecule has 2 N–H and O–H groups in total. The van der Waals surface area contributed by atoms with Crippen LogP contribution in [0.25, 0.3) is 0 Å². The van der Waals surface area contributed by atoms with Crippen molar-refractivity contribution >= 4 is 27.8 Å². The number of aliphatic carboxylic acids is 1. The quantitative estimate of drug-likeness (QED) is 0.528. The summed E-state index contributed by atoms with van der Waals surface area (Å²) in [4.78, 5) is 10.6. The summed E-state index contributed by atoms with van der Waals surface area (Å²) in [6.45, 7) is 0.315. The van der Waals surface area contributed by atoms with Gasteiger partial charge >= 0.3 is 5.97 Å². The molecule has 0 amide bonds. The van der Waals surface area contributed by atoms with Crippen LogP contribution in [0.4, 0.5) is 0 Å². The lowest BCUT2D eigenvalue weighted by Gasteiger charge is -2.07. The van der Waals surface area contributed by atoms with Gasteiger partial charge in [-0.25, -0.2) is 13.1 Å². The molecule has 0 bridgehead atoms. The Labute approximate surface area is 129 Å². The van der Waals surface area contributed by atoms with Gasteiger partial charge in [-0.3, -0.25) is 4.79 Å². The Bertz CT molecular complexity index is 603. The number of terminal acetylenes is 1. The zero-order valence-corrected chi connectivity index (χ0v) is 13.0. The molecule has 7 heteroatoms. The van der Waals surface area contributed by atoms with Crippen molar-refractivity contribution < 1.29 is 18.3 Å². The number of hydrogen-bond donors (Lipinski definition) is 2. The van der Waals surface area contributed by atoms with Gasteiger partial charge in [0.1, 0.15) is 0 Å². The standard InChI is InChI=1S/C14H17NO4S2/c1-2-10-20-11-9-15-21(18,19)13-6-3-12(4-7-13)5-8-14(16)17/h1,3-4,6-7,15H,5,8-11H2,(H,16,17). The number of benzene rings is 1. The van der Waals surface area contributed by atoms with Gasteiger partial charge in [-0.1, -0.05) is 18.1 Å². The van der Waals surface area contributed by atoms with E-state index in [0.29, 0.717) is 24.5 Å². The molecule has 0 saturated heterocycles. The maximum atomic E-state index is 12.0. The summed E-state index contributed by atoms with van der Waals surface area (Å²) in [5.74, 6) is 2.76. The van der Waals surface area contributed by atoms with Crippen molar-refractivity contribution in [3.8, 4) is 12.3 Å². The van der Waals surface area contributed by atoms with Crippen LogP contribution in [0.15, 0.2) is 29.2 Å². The van der Waals surface area contributed by atoms with Gasteiger partial charge in [-0.15, -0.1) is 18.2 Å². The number of hydrogen-bond acceptors (Lipinski definition) is 4. The van der Waals surface area contributed by atoms with Crippen molar-refractivity contribution in [1.82, 2.24) is 4.72 Å². The van der Waals surface area contributed by atoms with E-state index in [-0.39, 0.29) is 11.3 Å². The van der Waals surface area contributed by atoms with Gasteiger partial charge in [-0.2, -0.15) is 0 Å². The topological polar surface area (TPSA) is 83.5 Å². The highest BCUT2D eigenvalue weighted by atomic mass is 32.2. The zero-order valence-electron chi connectivity index (χ0n) is 11.4. The molecule has 0 radical (unpaired) electrons. The molecule has 0 atom stereocenters. The molecule has 1 aromatic rings. The van der Waals surface area contributed by atoms with Crippen molar-refractivity contribution in [2.24, 2.45) is 0 Å². The lowest BCUT2D eigenvalue weighted by atomic mass is 10.1. The Morgan fingerprint density at radius 2 is 2.00 bits per heavy atom. The Hall–Kier alpha value is -1.49. The highest BCUT2D eigenvalue weighted by molar-refractivity contribution is 7.99. The summed E-state index contributed by atoms with van der Waals surface area (Å²) in [5, 5.41) is 8.60. The largest absolute Gasteiger partial charge is 0.481 e. The zero-order chi connectivity index (χ0) is 15.7. The maximum absolute atomic E-state index is 12.0. The van der Waals surface area contributed by atoms with Gasteiger partial charge in [0.2, 0.25) is 10.0 Å². The minimum Gasteiger partial charge on any atom is -0.481 e. The fourth-order valence-electron chi connectivity index (χ4n) is 1.55. The van der Waals surface area contributed by atoms with Gasteiger partial charge in [0.05, 0.1) is 10.6 Å². The second-order valence-corrected chi connectivity index (χ2v) is 7.06. The number of rotatable bonds is 9. The predicted molar refractivity (Wildman–Crippen MR) is 83.7 cm³/mol. The van der Waals surface area contributed by atoms with Crippen LogP contribution in [0, 0.1) is 12.3 Å². The van der Waals surface area contributed by atoms with Crippen LogP contribution in [0.2, 0.25) is 0 Å². The lowest BCUT2D eigenvalue weighted by molar-refractivity contribution is -0.136. The molecular weight excluding hydrogens is 310 g/mol. The first-order valence-corrected chi connectivity index (χ1v) is 8.91. The van der Waals surface area contributed by atoms with Gasteiger partial charge in [0.15, 0.2) is 0 Å². The second kappa shape index (κ2) is 8.72. The molecular formula is C14H17NO4S2. The summed E-state index contributed by atoms with van der Waals surface area (Å²) < 4.78 is 26.5. The molecule has 0 unspecified atom stereocenters. The molecule has 1 rings (SSSR count). The number of nitrogens with one attached hydrogen (secondary N) is 1. The van der Waals surface area contributed by atoms with E-state index in [1.165, 1.54) is 23.9 Å². The van der Waals surface area contributed by atoms with Gasteiger partial charge in [0.25, 0.3) is 0 Å². The average Bonchev–Trinajstić information content (AvgIpc) is 2.45. The van der Waals surface area contributed by atoms with Crippen LogP contribution in [-0.2, 0) is 21.2 Å². The molecule has 0 aliphatic carbocycles. The molecule has 21 heavy (non-hydrogen) atoms. The molecule has 1 aromatic carbocycles. The minimum atomic E-state index is -3.53. The number of carboxylic acids is 1. The predicted octanol–water partition coefficient (Wildman–Crippen LogP) is 1.35. The molecule has 0 aliphatic rings. The van der Waals surface area contributed by atoms with Crippen LogP contribution in [-0.4, -0.2) is 37.5 Å². The third-order valence-corrected chi connectivity index (χ3v) is 4.93. The van der Waals surface area contributed by atoms with Gasteiger partial charge in [0, 0.05) is 18.7 Å². The Morgan fingerprint density at radius 3 is 2.57 bits per heavy atom. The Balaban J connectivity index is 2.55. The highest BCUT2D eigenvalue weighted by Crippen LogP contribution is 2.12. The molecule has 114 valence electrons. The number of thioether (sulfide) groups is 1. The SMILES string of the molecule is C#CCSCCNS(=O)(=O)c1ccc(CCC(=O)O)cc1. The van der Waals surface area contributed by atoms with E-state index in [9.17, 15) is 13.2 Å². The normalized spacial score (nSPS) is 11.0. The van der Waals surface area contributed by atoms with Crippen LogP contribution in [0.1, 0.15) is 12.0 Å². The van der Waals surface area contributed by atoms with Crippen molar-refractivity contribution in [3.63, 3.8) is 0 Å². The van der Waals surface area contributed by atoms with Crippen LogP contribution < -0.4 is 4.72 Å². The van der Waals surface area contributed by atoms with Crippen LogP contribution in [0.3, 0.4) is 0 Å². The van der Waals surface area contributed by atoms with Gasteiger partial charge in [-0.05, 0) is 24.1 Å². The number of aryl methyl sites for hydroxylation is 1. The molecule has 0 saturated carbocycles. The van der Waals surface area contributed by atoms with Crippen molar-refractivity contribution in [2.75, 3.05) is 18.1 Å². The summed E-state index contributed by atoms with van der Waals surface area (Å²) in [5.41, 5.74) is 0.793. The average molecular weight is 327 g/mol. The third kappa shape index (κ3) is 6.67. The van der Waals surface area contributed by atoms with Crippen molar-refractivity contribution in [3.05, 3.63) is 29.8 Å². The first-order chi connectivity index (χ1) is 9.95. The minimum absolute atomic E-state index is 0.0246. The van der Waals surface area contributed by atoms with Crippen molar-refractivity contribution in [2.45, 2.75) is 17.7 Å². The number of sulfonamides is 1. The molecule has 0 fully saturated rings. The molecule has 0 aliphatic heterocycles. The van der Waals surface area contributed by atoms with Crippen LogP contribution in [0.5, 0.6) is 0 Å². The highest BCUT2D eigenvalue weighted by Gasteiger charge is 2.13. The smallest absolute Gasteiger partial charge is 0.303 e. The number of carboxylic acid groups (broad SMARTS) is 1. The molecule has 0 heterocycles. The monoisotopic (exact) mass is 327 g/mol. The van der Waals surface area contributed by atoms with E-state index in [1.54, 1.807) is 12.1 Å². The molecule has 0 aromatic heterocycles. The van der Waals surface area contributed by atoms with E-state index < -0.39 is 16.0 Å². The van der Waals surface area contributed by atoms with Gasteiger partial charge < -0.3 is 5.11 Å². The lowest BCUT2D eigenvalue weighted by Crippen LogP contribution is -2.26. The van der Waals surface area contributed by atoms with E-state index in [1.807, 2.05) is 0 Å². The maximum Gasteiger partial charge on any atom is 0.303 e.